The number of rotatable bonds is 9. The van der Waals surface area contributed by atoms with Crippen LogP contribution in [0.1, 0.15) is 22.3 Å². The molecule has 0 spiro atoms. The zero-order valence-electron chi connectivity index (χ0n) is 39.5. The molecule has 11 aromatic carbocycles. The monoisotopic (exact) mass is 917 g/mol. The number of anilines is 3. The molecule has 3 nitrogen and oxygen atoms in total. The lowest BCUT2D eigenvalue weighted by atomic mass is 9.67. The molecule has 1 aliphatic carbocycles. The average Bonchev–Trinajstić information content (AvgIpc) is 4.12. The van der Waals surface area contributed by atoms with Gasteiger partial charge in [0.25, 0.3) is 0 Å². The maximum Gasteiger partial charge on any atom is 0.0714 e. The van der Waals surface area contributed by atoms with Gasteiger partial charge in [-0.1, -0.05) is 188 Å². The zero-order valence-corrected chi connectivity index (χ0v) is 39.5. The lowest BCUT2D eigenvalue weighted by Gasteiger charge is -2.35. The summed E-state index contributed by atoms with van der Waals surface area (Å²) >= 11 is 0. The summed E-state index contributed by atoms with van der Waals surface area (Å²) in [6.07, 6.45) is 2.19. The Balaban J connectivity index is 0.918. The minimum atomic E-state index is -0.517. The quantitative estimate of drug-likeness (QED) is 0.141. The van der Waals surface area contributed by atoms with Crippen molar-refractivity contribution >= 4 is 49.8 Å². The van der Waals surface area contributed by atoms with E-state index in [0.29, 0.717) is 0 Å². The third-order valence-corrected chi connectivity index (χ3v) is 15.0. The molecule has 0 unspecified atom stereocenters. The van der Waals surface area contributed by atoms with Gasteiger partial charge in [-0.2, -0.15) is 0 Å². The lowest BCUT2D eigenvalue weighted by molar-refractivity contribution is 0.768. The Kier molecular flexibility index (Phi) is 9.75. The zero-order chi connectivity index (χ0) is 47.6. The van der Waals surface area contributed by atoms with Crippen LogP contribution in [-0.4, -0.2) is 9.13 Å². The Bertz CT molecular complexity index is 4060. The van der Waals surface area contributed by atoms with Gasteiger partial charge in [0.05, 0.1) is 22.0 Å². The number of nitrogens with zero attached hydrogens (tertiary/aromatic N) is 3. The molecule has 0 radical (unpaired) electrons. The third kappa shape index (κ3) is 6.59. The van der Waals surface area contributed by atoms with E-state index in [1.165, 1.54) is 82.8 Å². The lowest BCUT2D eigenvalue weighted by Crippen LogP contribution is -2.28. The van der Waals surface area contributed by atoms with Crippen molar-refractivity contribution in [2.75, 3.05) is 4.90 Å². The molecule has 3 heteroatoms. The van der Waals surface area contributed by atoms with Crippen LogP contribution in [0, 0.1) is 0 Å². The Morgan fingerprint density at radius 2 is 0.806 bits per heavy atom. The summed E-state index contributed by atoms with van der Waals surface area (Å²) in [7, 11) is 0. The molecule has 0 bridgehead atoms. The summed E-state index contributed by atoms with van der Waals surface area (Å²) in [5, 5.41) is 3.67. The minimum absolute atomic E-state index is 0.517. The van der Waals surface area contributed by atoms with Gasteiger partial charge in [0.2, 0.25) is 0 Å². The molecule has 13 aromatic rings. The Labute approximate surface area is 419 Å². The fourth-order valence-electron chi connectivity index (χ4n) is 11.8. The number of fused-ring (bicyclic) bond motifs is 7. The van der Waals surface area contributed by atoms with Crippen LogP contribution in [0.4, 0.5) is 17.1 Å². The number of hydrogen-bond donors (Lipinski definition) is 0. The molecule has 72 heavy (non-hydrogen) atoms. The highest BCUT2D eigenvalue weighted by atomic mass is 15.1. The molecule has 0 fully saturated rings. The second kappa shape index (κ2) is 16.9. The molecule has 14 rings (SSSR count). The van der Waals surface area contributed by atoms with Gasteiger partial charge in [0.15, 0.2) is 0 Å². The average molecular weight is 918 g/mol. The Morgan fingerprint density at radius 3 is 1.46 bits per heavy atom. The molecule has 0 saturated carbocycles. The summed E-state index contributed by atoms with van der Waals surface area (Å²) in [6.45, 7) is 0. The molecule has 2 heterocycles. The molecule has 338 valence electrons. The topological polar surface area (TPSA) is 13.1 Å². The van der Waals surface area contributed by atoms with Crippen LogP contribution < -0.4 is 4.90 Å². The van der Waals surface area contributed by atoms with Crippen molar-refractivity contribution in [2.24, 2.45) is 0 Å². The van der Waals surface area contributed by atoms with Crippen LogP contribution in [0.2, 0.25) is 0 Å². The van der Waals surface area contributed by atoms with E-state index < -0.39 is 5.41 Å². The van der Waals surface area contributed by atoms with Crippen molar-refractivity contribution in [3.05, 3.63) is 308 Å². The van der Waals surface area contributed by atoms with Crippen molar-refractivity contribution in [1.82, 2.24) is 9.13 Å². The number of aromatic nitrogens is 2. The first-order valence-corrected chi connectivity index (χ1v) is 24.8. The fraction of sp³-hybridized carbons (Fsp3) is 0.0145. The van der Waals surface area contributed by atoms with Crippen LogP contribution in [0.25, 0.3) is 77.5 Å². The van der Waals surface area contributed by atoms with Gasteiger partial charge in [-0.15, -0.1) is 0 Å². The summed E-state index contributed by atoms with van der Waals surface area (Å²) < 4.78 is 4.71. The van der Waals surface area contributed by atoms with E-state index in [1.807, 2.05) is 0 Å². The van der Waals surface area contributed by atoms with Crippen LogP contribution in [0.3, 0.4) is 0 Å². The molecular formula is C69H47N3. The van der Waals surface area contributed by atoms with Gasteiger partial charge < -0.3 is 14.0 Å². The smallest absolute Gasteiger partial charge is 0.0714 e. The predicted molar refractivity (Wildman–Crippen MR) is 300 cm³/mol. The molecule has 2 aromatic heterocycles. The van der Waals surface area contributed by atoms with Crippen molar-refractivity contribution in [2.45, 2.75) is 5.41 Å². The standard InChI is InChI=1S/C69H47N3/c1-6-18-48(19-7-1)49-30-35-57(36-31-49)71(59-39-40-61-60-28-16-17-29-64(60)69(65(61)46-59,53-20-8-2-9-21-53)54-22-10-3-11-23-54)58-37-32-50(33-38-58)51-34-41-66-62(44-51)63-45-52-42-43-70(55-24-12-4-13-25-55)67(52)47-68(63)72(66)56-26-14-5-15-27-56/h1-47H. The van der Waals surface area contributed by atoms with Gasteiger partial charge in [-0.3, -0.25) is 0 Å². The largest absolute Gasteiger partial charge is 0.316 e. The van der Waals surface area contributed by atoms with Gasteiger partial charge in [0.1, 0.15) is 0 Å². The van der Waals surface area contributed by atoms with E-state index in [9.17, 15) is 0 Å². The van der Waals surface area contributed by atoms with E-state index in [0.717, 1.165) is 34.0 Å². The third-order valence-electron chi connectivity index (χ3n) is 15.0. The molecule has 0 N–H and O–H groups in total. The SMILES string of the molecule is c1ccc(-c2ccc(N(c3ccc(-c4ccc5c(c4)c4cc6ccn(-c7ccccc7)c6cc4n5-c4ccccc4)cc3)c3ccc4c(c3)C(c3ccccc3)(c3ccccc3)c3ccccc3-4)cc2)cc1. The molecule has 1 aliphatic rings. The van der Waals surface area contributed by atoms with E-state index in [4.69, 9.17) is 0 Å². The summed E-state index contributed by atoms with van der Waals surface area (Å²) in [4.78, 5) is 2.42. The minimum Gasteiger partial charge on any atom is -0.316 e. The number of para-hydroxylation sites is 2. The second-order valence-electron chi connectivity index (χ2n) is 18.9. The second-order valence-corrected chi connectivity index (χ2v) is 18.9. The highest BCUT2D eigenvalue weighted by Gasteiger charge is 2.46. The van der Waals surface area contributed by atoms with Crippen LogP contribution >= 0.6 is 0 Å². The maximum atomic E-state index is 2.45. The normalized spacial score (nSPS) is 12.6. The summed E-state index contributed by atoms with van der Waals surface area (Å²) in [5.41, 5.74) is 20.9. The summed E-state index contributed by atoms with van der Waals surface area (Å²) in [5.74, 6) is 0. The first-order valence-electron chi connectivity index (χ1n) is 24.8. The number of benzene rings is 11. The molecule has 0 saturated heterocycles. The van der Waals surface area contributed by atoms with Crippen LogP contribution in [-0.2, 0) is 5.41 Å². The van der Waals surface area contributed by atoms with E-state index in [2.05, 4.69) is 299 Å². The predicted octanol–water partition coefficient (Wildman–Crippen LogP) is 17.9. The van der Waals surface area contributed by atoms with E-state index in [-0.39, 0.29) is 0 Å². The van der Waals surface area contributed by atoms with Crippen LogP contribution in [0.15, 0.2) is 285 Å². The van der Waals surface area contributed by atoms with E-state index >= 15 is 0 Å². The van der Waals surface area contributed by atoms with Gasteiger partial charge in [-0.05, 0) is 147 Å². The first kappa shape index (κ1) is 41.5. The Morgan fingerprint density at radius 1 is 0.306 bits per heavy atom. The van der Waals surface area contributed by atoms with Crippen molar-refractivity contribution in [3.8, 4) is 44.8 Å². The van der Waals surface area contributed by atoms with Gasteiger partial charge in [-0.25, -0.2) is 0 Å². The van der Waals surface area contributed by atoms with Crippen molar-refractivity contribution in [3.63, 3.8) is 0 Å². The molecular weight excluding hydrogens is 871 g/mol. The molecule has 0 aliphatic heterocycles. The summed E-state index contributed by atoms with van der Waals surface area (Å²) in [6, 6.07) is 102. The molecule has 0 atom stereocenters. The highest BCUT2D eigenvalue weighted by molar-refractivity contribution is 6.14. The maximum absolute atomic E-state index is 2.45. The van der Waals surface area contributed by atoms with Crippen LogP contribution in [0.5, 0.6) is 0 Å². The van der Waals surface area contributed by atoms with Crippen molar-refractivity contribution in [1.29, 1.82) is 0 Å². The first-order chi connectivity index (χ1) is 35.7. The van der Waals surface area contributed by atoms with E-state index in [1.54, 1.807) is 0 Å². The highest BCUT2D eigenvalue weighted by Crippen LogP contribution is 2.57. The Hall–Kier alpha value is -9.44. The van der Waals surface area contributed by atoms with Crippen molar-refractivity contribution < 1.29 is 0 Å². The number of hydrogen-bond acceptors (Lipinski definition) is 1. The fourth-order valence-corrected chi connectivity index (χ4v) is 11.8. The van der Waals surface area contributed by atoms with Gasteiger partial charge in [0, 0.05) is 50.8 Å². The van der Waals surface area contributed by atoms with Gasteiger partial charge >= 0.3 is 0 Å². The molecule has 0 amide bonds.